The first-order valence-electron chi connectivity index (χ1n) is 8.75. The molecule has 0 unspecified atom stereocenters. The Morgan fingerprint density at radius 3 is 2.69 bits per heavy atom. The van der Waals surface area contributed by atoms with Gasteiger partial charge in [0, 0.05) is 11.6 Å². The van der Waals surface area contributed by atoms with Crippen molar-refractivity contribution in [2.24, 2.45) is 0 Å². The van der Waals surface area contributed by atoms with Crippen LogP contribution in [0.4, 0.5) is 5.69 Å². The number of hydrogen-bond acceptors (Lipinski definition) is 5. The lowest BCUT2D eigenvalue weighted by Gasteiger charge is -2.16. The van der Waals surface area contributed by atoms with Crippen LogP contribution in [0.5, 0.6) is 5.75 Å². The molecule has 0 N–H and O–H groups in total. The number of hydrogen-bond donors (Lipinski definition) is 0. The summed E-state index contributed by atoms with van der Waals surface area (Å²) < 4.78 is 11.6. The van der Waals surface area contributed by atoms with Crippen molar-refractivity contribution in [3.63, 3.8) is 0 Å². The summed E-state index contributed by atoms with van der Waals surface area (Å²) in [6, 6.07) is 16.8. The predicted octanol–water partition coefficient (Wildman–Crippen LogP) is 6.32. The Bertz CT molecular complexity index is 1150. The van der Waals surface area contributed by atoms with Gasteiger partial charge in [-0.3, -0.25) is 9.69 Å². The van der Waals surface area contributed by atoms with Crippen molar-refractivity contribution in [3.8, 4) is 17.1 Å². The van der Waals surface area contributed by atoms with Crippen molar-refractivity contribution in [3.05, 3.63) is 75.8 Å². The number of halogens is 1. The number of aryl methyl sites for hydroxylation is 1. The molecule has 0 spiro atoms. The molecule has 2 heterocycles. The zero-order chi connectivity index (χ0) is 20.5. The molecule has 0 bridgehead atoms. The number of thioether (sulfide) groups is 1. The van der Waals surface area contributed by atoms with Gasteiger partial charge in [0.15, 0.2) is 4.32 Å². The van der Waals surface area contributed by atoms with E-state index in [2.05, 4.69) is 0 Å². The molecule has 1 fully saturated rings. The van der Waals surface area contributed by atoms with Gasteiger partial charge >= 0.3 is 0 Å². The molecule has 0 radical (unpaired) electrons. The maximum atomic E-state index is 12.9. The minimum Gasteiger partial charge on any atom is -0.495 e. The van der Waals surface area contributed by atoms with E-state index in [0.29, 0.717) is 31.5 Å². The van der Waals surface area contributed by atoms with Crippen molar-refractivity contribution >= 4 is 57.6 Å². The minimum absolute atomic E-state index is 0.153. The average Bonchev–Trinajstić information content (AvgIpc) is 3.27. The number of anilines is 1. The zero-order valence-electron chi connectivity index (χ0n) is 15.6. The summed E-state index contributed by atoms with van der Waals surface area (Å²) >= 11 is 12.9. The fourth-order valence-corrected chi connectivity index (χ4v) is 4.55. The second-order valence-electron chi connectivity index (χ2n) is 6.35. The number of para-hydroxylation sites is 1. The van der Waals surface area contributed by atoms with Gasteiger partial charge in [-0.25, -0.2) is 0 Å². The van der Waals surface area contributed by atoms with Crippen molar-refractivity contribution in [2.45, 2.75) is 6.92 Å². The van der Waals surface area contributed by atoms with Crippen molar-refractivity contribution in [1.29, 1.82) is 0 Å². The molecule has 4 nitrogen and oxygen atoms in total. The van der Waals surface area contributed by atoms with Crippen LogP contribution in [0.2, 0.25) is 5.02 Å². The lowest BCUT2D eigenvalue weighted by molar-refractivity contribution is -0.113. The molecule has 1 aliphatic rings. The Morgan fingerprint density at radius 2 is 1.97 bits per heavy atom. The second-order valence-corrected chi connectivity index (χ2v) is 8.44. The summed E-state index contributed by atoms with van der Waals surface area (Å²) in [6.45, 7) is 1.95. The van der Waals surface area contributed by atoms with Gasteiger partial charge < -0.3 is 9.15 Å². The largest absolute Gasteiger partial charge is 0.495 e. The van der Waals surface area contributed by atoms with Crippen LogP contribution in [0, 0.1) is 6.92 Å². The minimum atomic E-state index is -0.153. The van der Waals surface area contributed by atoms with Gasteiger partial charge in [-0.2, -0.15) is 0 Å². The molecule has 146 valence electrons. The van der Waals surface area contributed by atoms with Crippen molar-refractivity contribution < 1.29 is 13.9 Å². The number of ether oxygens (including phenoxy) is 1. The number of rotatable bonds is 4. The number of carbonyl (C=O) groups is 1. The Hall–Kier alpha value is -2.54. The number of nitrogens with zero attached hydrogens (tertiary/aromatic N) is 1. The van der Waals surface area contributed by atoms with Crippen molar-refractivity contribution in [2.75, 3.05) is 12.0 Å². The van der Waals surface area contributed by atoms with E-state index in [-0.39, 0.29) is 5.91 Å². The van der Waals surface area contributed by atoms with Crippen LogP contribution >= 0.6 is 35.6 Å². The van der Waals surface area contributed by atoms with Gasteiger partial charge in [0.1, 0.15) is 17.3 Å². The highest BCUT2D eigenvalue weighted by Crippen LogP contribution is 2.38. The Morgan fingerprint density at radius 1 is 1.17 bits per heavy atom. The standard InChI is InChI=1S/C22H16ClNO3S2/c1-13-5-3-4-6-17(13)24-21(25)20(29-22(24)28)12-15-8-10-18(27-15)14-7-9-19(26-2)16(23)11-14/h3-12H,1-2H3. The molecule has 1 aromatic heterocycles. The number of methoxy groups -OCH3 is 1. The van der Waals surface area contributed by atoms with E-state index in [1.54, 1.807) is 30.2 Å². The number of carbonyl (C=O) groups excluding carboxylic acids is 1. The summed E-state index contributed by atoms with van der Waals surface area (Å²) in [5, 5.41) is 0.502. The van der Waals surface area contributed by atoms with Crippen LogP contribution in [-0.4, -0.2) is 17.3 Å². The Kier molecular flexibility index (Phi) is 5.50. The van der Waals surface area contributed by atoms with E-state index < -0.39 is 0 Å². The zero-order valence-corrected chi connectivity index (χ0v) is 18.0. The molecule has 29 heavy (non-hydrogen) atoms. The first-order valence-corrected chi connectivity index (χ1v) is 10.4. The normalized spacial score (nSPS) is 15.4. The summed E-state index contributed by atoms with van der Waals surface area (Å²) in [5.41, 5.74) is 2.61. The third kappa shape index (κ3) is 3.83. The molecular weight excluding hydrogens is 426 g/mol. The third-order valence-corrected chi connectivity index (χ3v) is 6.08. The maximum absolute atomic E-state index is 12.9. The highest BCUT2D eigenvalue weighted by Gasteiger charge is 2.34. The van der Waals surface area contributed by atoms with E-state index in [0.717, 1.165) is 16.8 Å². The molecule has 0 aliphatic carbocycles. The van der Waals surface area contributed by atoms with E-state index in [4.69, 9.17) is 33.0 Å². The monoisotopic (exact) mass is 441 g/mol. The summed E-state index contributed by atoms with van der Waals surface area (Å²) in [6.07, 6.45) is 1.71. The van der Waals surface area contributed by atoms with Crippen LogP contribution in [0.3, 0.4) is 0 Å². The fourth-order valence-electron chi connectivity index (χ4n) is 3.02. The highest BCUT2D eigenvalue weighted by molar-refractivity contribution is 8.27. The lowest BCUT2D eigenvalue weighted by Crippen LogP contribution is -2.28. The number of furan rings is 1. The Balaban J connectivity index is 1.61. The smallest absolute Gasteiger partial charge is 0.270 e. The molecule has 1 amide bonds. The summed E-state index contributed by atoms with van der Waals surface area (Å²) in [4.78, 5) is 15.0. The van der Waals surface area contributed by atoms with Gasteiger partial charge in [0.2, 0.25) is 0 Å². The molecule has 1 saturated heterocycles. The van der Waals surface area contributed by atoms with Crippen molar-refractivity contribution in [1.82, 2.24) is 0 Å². The van der Waals surface area contributed by atoms with E-state index in [1.807, 2.05) is 49.4 Å². The molecule has 0 saturated carbocycles. The molecule has 1 aliphatic heterocycles. The van der Waals surface area contributed by atoms with Crippen LogP contribution in [0.15, 0.2) is 63.9 Å². The quantitative estimate of drug-likeness (QED) is 0.350. The first-order chi connectivity index (χ1) is 14.0. The third-order valence-electron chi connectivity index (χ3n) is 4.49. The number of thiocarbonyl (C=S) groups is 1. The van der Waals surface area contributed by atoms with E-state index in [1.165, 1.54) is 11.8 Å². The fraction of sp³-hybridized carbons (Fsp3) is 0.0909. The van der Waals surface area contributed by atoms with E-state index in [9.17, 15) is 4.79 Å². The summed E-state index contributed by atoms with van der Waals surface area (Å²) in [7, 11) is 1.57. The Labute approximate surface area is 183 Å². The molecule has 2 aromatic carbocycles. The topological polar surface area (TPSA) is 42.7 Å². The number of benzene rings is 2. The molecular formula is C22H16ClNO3S2. The molecule has 7 heteroatoms. The number of amides is 1. The molecule has 0 atom stereocenters. The van der Waals surface area contributed by atoms with Gasteiger partial charge in [-0.1, -0.05) is 53.8 Å². The van der Waals surface area contributed by atoms with Gasteiger partial charge in [-0.15, -0.1) is 0 Å². The van der Waals surface area contributed by atoms with E-state index >= 15 is 0 Å². The van der Waals surface area contributed by atoms with Crippen LogP contribution in [0.1, 0.15) is 11.3 Å². The van der Waals surface area contributed by atoms with Crippen LogP contribution < -0.4 is 9.64 Å². The van der Waals surface area contributed by atoms with Crippen LogP contribution in [0.25, 0.3) is 17.4 Å². The van der Waals surface area contributed by atoms with Gasteiger partial charge in [-0.05, 0) is 48.9 Å². The predicted molar refractivity (Wildman–Crippen MR) is 123 cm³/mol. The average molecular weight is 442 g/mol. The molecule has 3 aromatic rings. The molecule has 4 rings (SSSR count). The second kappa shape index (κ2) is 8.06. The first kappa shape index (κ1) is 19.8. The highest BCUT2D eigenvalue weighted by atomic mass is 35.5. The summed E-state index contributed by atoms with van der Waals surface area (Å²) in [5.74, 6) is 1.66. The maximum Gasteiger partial charge on any atom is 0.270 e. The lowest BCUT2D eigenvalue weighted by atomic mass is 10.1. The SMILES string of the molecule is COc1ccc(-c2ccc(C=C3SC(=S)N(c4ccccc4C)C3=O)o2)cc1Cl. The van der Waals surface area contributed by atoms with Gasteiger partial charge in [0.25, 0.3) is 5.91 Å². The van der Waals surface area contributed by atoms with Crippen LogP contribution in [-0.2, 0) is 4.79 Å². The van der Waals surface area contributed by atoms with Gasteiger partial charge in [0.05, 0.1) is 22.7 Å².